The third-order valence-electron chi connectivity index (χ3n) is 4.53. The van der Waals surface area contributed by atoms with E-state index in [0.717, 1.165) is 5.56 Å². The van der Waals surface area contributed by atoms with Gasteiger partial charge in [-0.1, -0.05) is 35.5 Å². The summed E-state index contributed by atoms with van der Waals surface area (Å²) >= 11 is 0. The van der Waals surface area contributed by atoms with Gasteiger partial charge in [0.1, 0.15) is 11.3 Å². The van der Waals surface area contributed by atoms with Crippen LogP contribution >= 0.6 is 0 Å². The molecule has 3 aromatic carbocycles. The molecule has 156 valence electrons. The van der Waals surface area contributed by atoms with E-state index in [0.29, 0.717) is 40.3 Å². The number of fused-ring (bicyclic) bond motifs is 1. The van der Waals surface area contributed by atoms with Gasteiger partial charge in [-0.3, -0.25) is 4.79 Å². The molecule has 0 fully saturated rings. The lowest BCUT2D eigenvalue weighted by Gasteiger charge is -2.08. The number of carbonyl (C=O) groups is 2. The van der Waals surface area contributed by atoms with E-state index in [9.17, 15) is 9.59 Å². The molecular weight excluding hydrogens is 396 g/mol. The molecule has 1 amide bonds. The Kier molecular flexibility index (Phi) is 5.93. The van der Waals surface area contributed by atoms with Crippen LogP contribution in [0, 0.1) is 0 Å². The van der Waals surface area contributed by atoms with Crippen molar-refractivity contribution in [2.45, 2.75) is 6.92 Å². The zero-order valence-corrected chi connectivity index (χ0v) is 16.8. The van der Waals surface area contributed by atoms with Crippen LogP contribution in [0.1, 0.15) is 17.3 Å². The Morgan fingerprint density at radius 2 is 1.77 bits per heavy atom. The third kappa shape index (κ3) is 4.72. The van der Waals surface area contributed by atoms with E-state index in [-0.39, 0.29) is 0 Å². The van der Waals surface area contributed by atoms with Crippen molar-refractivity contribution < 1.29 is 23.6 Å². The summed E-state index contributed by atoms with van der Waals surface area (Å²) in [5, 5.41) is 7.41. The van der Waals surface area contributed by atoms with E-state index in [1.165, 1.54) is 0 Å². The molecule has 0 radical (unpaired) electrons. The summed E-state index contributed by atoms with van der Waals surface area (Å²) in [5.41, 5.74) is 2.37. The number of nitrogens with zero attached hydrogens (tertiary/aromatic N) is 1. The summed E-state index contributed by atoms with van der Waals surface area (Å²) in [7, 11) is 0. The van der Waals surface area contributed by atoms with Crippen LogP contribution in [0.3, 0.4) is 0 Å². The summed E-state index contributed by atoms with van der Waals surface area (Å²) in [6.07, 6.45) is 0. The Morgan fingerprint density at radius 3 is 2.52 bits per heavy atom. The highest BCUT2D eigenvalue weighted by atomic mass is 16.5. The summed E-state index contributed by atoms with van der Waals surface area (Å²) in [4.78, 5) is 24.6. The van der Waals surface area contributed by atoms with Crippen LogP contribution in [0.2, 0.25) is 0 Å². The Morgan fingerprint density at radius 1 is 1.00 bits per heavy atom. The van der Waals surface area contributed by atoms with E-state index in [1.807, 2.05) is 37.3 Å². The predicted octanol–water partition coefficient (Wildman–Crippen LogP) is 4.69. The molecule has 0 saturated carbocycles. The SMILES string of the molecule is CCOc1ccc(NC(=O)COC(=O)c2ccc3noc(-c4ccccc4)c3c2)cc1. The average molecular weight is 416 g/mol. The molecule has 7 heteroatoms. The van der Waals surface area contributed by atoms with Crippen LogP contribution in [0.15, 0.2) is 77.3 Å². The molecule has 4 rings (SSSR count). The van der Waals surface area contributed by atoms with Crippen molar-refractivity contribution in [2.75, 3.05) is 18.5 Å². The monoisotopic (exact) mass is 416 g/mol. The number of benzene rings is 3. The number of anilines is 1. The zero-order valence-electron chi connectivity index (χ0n) is 16.8. The molecule has 0 aliphatic rings. The average Bonchev–Trinajstić information content (AvgIpc) is 3.23. The van der Waals surface area contributed by atoms with Crippen molar-refractivity contribution in [1.82, 2.24) is 5.16 Å². The molecule has 31 heavy (non-hydrogen) atoms. The van der Waals surface area contributed by atoms with Crippen molar-refractivity contribution in [2.24, 2.45) is 0 Å². The van der Waals surface area contributed by atoms with Gasteiger partial charge < -0.3 is 19.3 Å². The maximum Gasteiger partial charge on any atom is 0.338 e. The molecule has 0 aliphatic carbocycles. The molecule has 0 unspecified atom stereocenters. The van der Waals surface area contributed by atoms with Gasteiger partial charge in [0, 0.05) is 11.3 Å². The largest absolute Gasteiger partial charge is 0.494 e. The van der Waals surface area contributed by atoms with Crippen LogP contribution in [-0.2, 0) is 9.53 Å². The minimum absolute atomic E-state index is 0.307. The number of nitrogens with one attached hydrogen (secondary N) is 1. The third-order valence-corrected chi connectivity index (χ3v) is 4.53. The second-order valence-electron chi connectivity index (χ2n) is 6.69. The number of aromatic nitrogens is 1. The van der Waals surface area contributed by atoms with Crippen molar-refractivity contribution in [3.05, 3.63) is 78.4 Å². The number of hydrogen-bond donors (Lipinski definition) is 1. The quantitative estimate of drug-likeness (QED) is 0.440. The number of rotatable bonds is 7. The standard InChI is InChI=1S/C24H20N2O5/c1-2-29-19-11-9-18(10-12-19)25-22(27)15-30-24(28)17-8-13-21-20(14-17)23(31-26-21)16-6-4-3-5-7-16/h3-14H,2,15H2,1H3,(H,25,27). The van der Waals surface area contributed by atoms with Gasteiger partial charge in [0.15, 0.2) is 12.4 Å². The Labute approximate surface area is 178 Å². The topological polar surface area (TPSA) is 90.7 Å². The van der Waals surface area contributed by atoms with Gasteiger partial charge in [-0.05, 0) is 49.4 Å². The van der Waals surface area contributed by atoms with Gasteiger partial charge in [-0.15, -0.1) is 0 Å². The molecule has 0 atom stereocenters. The molecule has 4 aromatic rings. The van der Waals surface area contributed by atoms with Gasteiger partial charge in [0.05, 0.1) is 17.6 Å². The van der Waals surface area contributed by atoms with E-state index >= 15 is 0 Å². The molecule has 1 aromatic heterocycles. The summed E-state index contributed by atoms with van der Waals surface area (Å²) in [5.74, 6) is 0.238. The number of amides is 1. The molecule has 0 bridgehead atoms. The van der Waals surface area contributed by atoms with Crippen molar-refractivity contribution in [3.8, 4) is 17.1 Å². The Bertz CT molecular complexity index is 1200. The number of esters is 1. The van der Waals surface area contributed by atoms with Gasteiger partial charge >= 0.3 is 5.97 Å². The molecule has 0 aliphatic heterocycles. The normalized spacial score (nSPS) is 10.6. The van der Waals surface area contributed by atoms with Crippen molar-refractivity contribution in [1.29, 1.82) is 0 Å². The molecular formula is C24H20N2O5. The van der Waals surface area contributed by atoms with E-state index < -0.39 is 18.5 Å². The Hall–Kier alpha value is -4.13. The zero-order chi connectivity index (χ0) is 21.6. The predicted molar refractivity (Wildman–Crippen MR) is 116 cm³/mol. The van der Waals surface area contributed by atoms with Crippen LogP contribution in [-0.4, -0.2) is 30.2 Å². The van der Waals surface area contributed by atoms with Gasteiger partial charge in [0.2, 0.25) is 0 Å². The summed E-state index contributed by atoms with van der Waals surface area (Å²) in [6.45, 7) is 2.06. The minimum atomic E-state index is -0.607. The highest BCUT2D eigenvalue weighted by Gasteiger charge is 2.16. The lowest BCUT2D eigenvalue weighted by molar-refractivity contribution is -0.119. The maximum absolute atomic E-state index is 12.5. The van der Waals surface area contributed by atoms with Crippen LogP contribution in [0.25, 0.3) is 22.2 Å². The number of hydrogen-bond acceptors (Lipinski definition) is 6. The first kappa shape index (κ1) is 20.2. The second-order valence-corrected chi connectivity index (χ2v) is 6.69. The molecule has 7 nitrogen and oxygen atoms in total. The van der Waals surface area contributed by atoms with Crippen LogP contribution in [0.4, 0.5) is 5.69 Å². The molecule has 0 spiro atoms. The lowest BCUT2D eigenvalue weighted by atomic mass is 10.1. The second kappa shape index (κ2) is 9.13. The van der Waals surface area contributed by atoms with Crippen LogP contribution in [0.5, 0.6) is 5.75 Å². The lowest BCUT2D eigenvalue weighted by Crippen LogP contribution is -2.20. The van der Waals surface area contributed by atoms with E-state index in [4.69, 9.17) is 14.0 Å². The minimum Gasteiger partial charge on any atom is -0.494 e. The Balaban J connectivity index is 1.40. The first-order chi connectivity index (χ1) is 15.1. The molecule has 0 saturated heterocycles. The van der Waals surface area contributed by atoms with E-state index in [1.54, 1.807) is 42.5 Å². The van der Waals surface area contributed by atoms with Crippen LogP contribution < -0.4 is 10.1 Å². The van der Waals surface area contributed by atoms with Crippen molar-refractivity contribution in [3.63, 3.8) is 0 Å². The molecule has 1 N–H and O–H groups in total. The summed E-state index contributed by atoms with van der Waals surface area (Å²) in [6, 6.07) is 21.4. The van der Waals surface area contributed by atoms with Gasteiger partial charge in [0.25, 0.3) is 5.91 Å². The number of carbonyl (C=O) groups excluding carboxylic acids is 2. The smallest absolute Gasteiger partial charge is 0.338 e. The van der Waals surface area contributed by atoms with Gasteiger partial charge in [-0.25, -0.2) is 4.79 Å². The fraction of sp³-hybridized carbons (Fsp3) is 0.125. The highest BCUT2D eigenvalue weighted by Crippen LogP contribution is 2.29. The first-order valence-electron chi connectivity index (χ1n) is 9.78. The fourth-order valence-electron chi connectivity index (χ4n) is 3.08. The van der Waals surface area contributed by atoms with Crippen molar-refractivity contribution >= 4 is 28.5 Å². The van der Waals surface area contributed by atoms with E-state index in [2.05, 4.69) is 10.5 Å². The first-order valence-corrected chi connectivity index (χ1v) is 9.78. The maximum atomic E-state index is 12.5. The summed E-state index contributed by atoms with van der Waals surface area (Å²) < 4.78 is 16.0. The number of ether oxygens (including phenoxy) is 2. The fourth-order valence-corrected chi connectivity index (χ4v) is 3.08. The van der Waals surface area contributed by atoms with Gasteiger partial charge in [-0.2, -0.15) is 0 Å². The molecule has 1 heterocycles. The highest BCUT2D eigenvalue weighted by molar-refractivity contribution is 6.00.